The van der Waals surface area contributed by atoms with Crippen LogP contribution < -0.4 is 4.74 Å². The zero-order chi connectivity index (χ0) is 24.7. The molecule has 0 amide bonds. The fourth-order valence-electron chi connectivity index (χ4n) is 3.54. The largest absolute Gasteiger partial charge is 0.494 e. The maximum atomic E-state index is 13.2. The number of ether oxygens (including phenoxy) is 1. The minimum atomic E-state index is -3.99. The first-order valence-electron chi connectivity index (χ1n) is 11.3. The maximum absolute atomic E-state index is 13.2. The summed E-state index contributed by atoms with van der Waals surface area (Å²) in [6, 6.07) is 26.8. The third-order valence-corrected chi connectivity index (χ3v) is 7.06. The number of nitriles is 1. The van der Waals surface area contributed by atoms with Crippen LogP contribution >= 0.6 is 0 Å². The summed E-state index contributed by atoms with van der Waals surface area (Å²) in [5.41, 5.74) is 2.63. The Morgan fingerprint density at radius 3 is 2.43 bits per heavy atom. The number of allylic oxidation sites excluding steroid dienone is 1. The van der Waals surface area contributed by atoms with Gasteiger partial charge in [-0.05, 0) is 48.9 Å². The van der Waals surface area contributed by atoms with E-state index >= 15 is 0 Å². The van der Waals surface area contributed by atoms with E-state index in [1.807, 2.05) is 60.7 Å². The smallest absolute Gasteiger partial charge is 0.216 e. The van der Waals surface area contributed by atoms with E-state index in [0.29, 0.717) is 23.6 Å². The first-order chi connectivity index (χ1) is 17.0. The van der Waals surface area contributed by atoms with Crippen molar-refractivity contribution in [2.45, 2.75) is 24.7 Å². The Morgan fingerprint density at radius 1 is 1.03 bits per heavy atom. The predicted octanol–water partition coefficient (Wildman–Crippen LogP) is 6.06. The molecule has 0 atom stereocenters. The van der Waals surface area contributed by atoms with Crippen LogP contribution in [0.3, 0.4) is 0 Å². The van der Waals surface area contributed by atoms with Gasteiger partial charge in [0, 0.05) is 17.3 Å². The summed E-state index contributed by atoms with van der Waals surface area (Å²) < 4.78 is 33.8. The number of aromatic nitrogens is 2. The molecule has 7 heteroatoms. The quantitative estimate of drug-likeness (QED) is 0.213. The molecule has 0 unspecified atom stereocenters. The van der Waals surface area contributed by atoms with Crippen molar-refractivity contribution in [3.8, 4) is 28.8 Å². The van der Waals surface area contributed by atoms with Crippen LogP contribution in [0.1, 0.15) is 25.3 Å². The fourth-order valence-corrected chi connectivity index (χ4v) is 4.71. The zero-order valence-electron chi connectivity index (χ0n) is 19.3. The number of benzene rings is 3. The van der Waals surface area contributed by atoms with Crippen molar-refractivity contribution in [1.82, 2.24) is 9.78 Å². The Labute approximate surface area is 205 Å². The molecule has 4 aromatic rings. The molecular weight excluding hydrogens is 458 g/mol. The van der Waals surface area contributed by atoms with Crippen LogP contribution in [0.15, 0.2) is 101 Å². The maximum Gasteiger partial charge on any atom is 0.216 e. The van der Waals surface area contributed by atoms with Crippen molar-refractivity contribution in [2.75, 3.05) is 6.61 Å². The molecule has 0 saturated carbocycles. The Balaban J connectivity index is 1.83. The summed E-state index contributed by atoms with van der Waals surface area (Å²) in [6.45, 7) is 2.71. The van der Waals surface area contributed by atoms with E-state index in [-0.39, 0.29) is 9.80 Å². The monoisotopic (exact) mass is 483 g/mol. The van der Waals surface area contributed by atoms with Crippen LogP contribution in [0.2, 0.25) is 0 Å². The number of sulfone groups is 1. The molecule has 1 heterocycles. The van der Waals surface area contributed by atoms with Crippen molar-refractivity contribution < 1.29 is 13.2 Å². The van der Waals surface area contributed by atoms with E-state index in [1.54, 1.807) is 29.1 Å². The summed E-state index contributed by atoms with van der Waals surface area (Å²) in [5, 5.41) is 14.5. The lowest BCUT2D eigenvalue weighted by Gasteiger charge is -2.07. The number of nitrogens with zero attached hydrogens (tertiary/aromatic N) is 3. The molecule has 0 aliphatic heterocycles. The fraction of sp³-hybridized carbons (Fsp3) is 0.143. The zero-order valence-corrected chi connectivity index (χ0v) is 20.2. The molecule has 0 N–H and O–H groups in total. The van der Waals surface area contributed by atoms with Gasteiger partial charge in [-0.3, -0.25) is 0 Å². The minimum Gasteiger partial charge on any atom is -0.494 e. The van der Waals surface area contributed by atoms with Crippen LogP contribution in [0.4, 0.5) is 0 Å². The summed E-state index contributed by atoms with van der Waals surface area (Å²) in [5.74, 6) is 0.706. The van der Waals surface area contributed by atoms with Crippen LogP contribution in [-0.4, -0.2) is 24.8 Å². The highest BCUT2D eigenvalue weighted by Gasteiger charge is 2.22. The van der Waals surface area contributed by atoms with E-state index in [1.165, 1.54) is 18.2 Å². The molecule has 0 bridgehead atoms. The molecule has 0 spiro atoms. The van der Waals surface area contributed by atoms with E-state index < -0.39 is 9.84 Å². The van der Waals surface area contributed by atoms with E-state index in [9.17, 15) is 13.7 Å². The SMILES string of the molecule is CCCCOc1cccc(-c2nn(-c3ccccc3)cc2/C=C(/C#N)S(=O)(=O)c2ccccc2)c1. The van der Waals surface area contributed by atoms with Gasteiger partial charge in [-0.25, -0.2) is 13.1 Å². The van der Waals surface area contributed by atoms with Gasteiger partial charge in [-0.1, -0.05) is 61.9 Å². The molecule has 0 fully saturated rings. The molecule has 0 radical (unpaired) electrons. The second kappa shape index (κ2) is 10.9. The lowest BCUT2D eigenvalue weighted by molar-refractivity contribution is 0.309. The third-order valence-electron chi connectivity index (χ3n) is 5.38. The van der Waals surface area contributed by atoms with Crippen molar-refractivity contribution in [2.24, 2.45) is 0 Å². The first kappa shape index (κ1) is 24.0. The van der Waals surface area contributed by atoms with Gasteiger partial charge in [0.05, 0.1) is 17.2 Å². The van der Waals surface area contributed by atoms with Crippen LogP contribution in [0.25, 0.3) is 23.0 Å². The van der Waals surface area contributed by atoms with Crippen molar-refractivity contribution in [3.05, 3.63) is 102 Å². The summed E-state index contributed by atoms with van der Waals surface area (Å²) in [6.07, 6.45) is 5.09. The normalized spacial score (nSPS) is 11.7. The summed E-state index contributed by atoms with van der Waals surface area (Å²) >= 11 is 0. The molecule has 35 heavy (non-hydrogen) atoms. The standard InChI is InChI=1S/C28H25N3O3S/c1-2-3-17-34-25-14-10-11-22(18-25)28-23(21-31(30-28)24-12-6-4-7-13-24)19-27(20-29)35(32,33)26-15-8-5-9-16-26/h4-16,18-19,21H,2-3,17H2,1H3/b27-19-. The number of hydrogen-bond donors (Lipinski definition) is 0. The van der Waals surface area contributed by atoms with E-state index in [4.69, 9.17) is 9.84 Å². The highest BCUT2D eigenvalue weighted by atomic mass is 32.2. The molecule has 6 nitrogen and oxygen atoms in total. The highest BCUT2D eigenvalue weighted by molar-refractivity contribution is 7.95. The van der Waals surface area contributed by atoms with Gasteiger partial charge >= 0.3 is 0 Å². The van der Waals surface area contributed by atoms with Gasteiger partial charge in [0.2, 0.25) is 9.84 Å². The average Bonchev–Trinajstić information content (AvgIpc) is 3.32. The summed E-state index contributed by atoms with van der Waals surface area (Å²) in [7, 11) is -3.99. The van der Waals surface area contributed by atoms with Gasteiger partial charge in [0.1, 0.15) is 22.4 Å². The molecule has 176 valence electrons. The molecule has 0 saturated heterocycles. The Kier molecular flexibility index (Phi) is 7.44. The topological polar surface area (TPSA) is 85.0 Å². The van der Waals surface area contributed by atoms with E-state index in [2.05, 4.69) is 6.92 Å². The lowest BCUT2D eigenvalue weighted by Crippen LogP contribution is -2.03. The van der Waals surface area contributed by atoms with Gasteiger partial charge in [-0.2, -0.15) is 10.4 Å². The average molecular weight is 484 g/mol. The minimum absolute atomic E-state index is 0.0659. The van der Waals surface area contributed by atoms with Crippen molar-refractivity contribution in [1.29, 1.82) is 5.26 Å². The molecule has 1 aromatic heterocycles. The molecule has 0 aliphatic carbocycles. The predicted molar refractivity (Wildman–Crippen MR) is 137 cm³/mol. The highest BCUT2D eigenvalue weighted by Crippen LogP contribution is 2.30. The summed E-state index contributed by atoms with van der Waals surface area (Å²) in [4.78, 5) is -0.288. The van der Waals surface area contributed by atoms with Gasteiger partial charge < -0.3 is 4.74 Å². The molecular formula is C28H25N3O3S. The van der Waals surface area contributed by atoms with Crippen LogP contribution in [0, 0.1) is 11.3 Å². The van der Waals surface area contributed by atoms with Crippen LogP contribution in [-0.2, 0) is 9.84 Å². The lowest BCUT2D eigenvalue weighted by atomic mass is 10.1. The first-order valence-corrected chi connectivity index (χ1v) is 12.8. The Bertz CT molecular complexity index is 1470. The number of para-hydroxylation sites is 1. The number of unbranched alkanes of at least 4 members (excludes halogenated alkanes) is 1. The van der Waals surface area contributed by atoms with Crippen molar-refractivity contribution >= 4 is 15.9 Å². The second-order valence-corrected chi connectivity index (χ2v) is 9.80. The number of rotatable bonds is 9. The van der Waals surface area contributed by atoms with Gasteiger partial charge in [-0.15, -0.1) is 0 Å². The Hall–Kier alpha value is -4.15. The van der Waals surface area contributed by atoms with Crippen LogP contribution in [0.5, 0.6) is 5.75 Å². The van der Waals surface area contributed by atoms with Gasteiger partial charge in [0.25, 0.3) is 0 Å². The van der Waals surface area contributed by atoms with E-state index in [0.717, 1.165) is 24.1 Å². The molecule has 0 aliphatic rings. The van der Waals surface area contributed by atoms with Crippen molar-refractivity contribution in [3.63, 3.8) is 0 Å². The third kappa shape index (κ3) is 5.51. The Morgan fingerprint density at radius 2 is 1.74 bits per heavy atom. The second-order valence-electron chi connectivity index (χ2n) is 7.88. The molecule has 4 rings (SSSR count). The molecule has 3 aromatic carbocycles. The van der Waals surface area contributed by atoms with Gasteiger partial charge in [0.15, 0.2) is 0 Å². The number of hydrogen-bond acceptors (Lipinski definition) is 5.